The van der Waals surface area contributed by atoms with Gasteiger partial charge >= 0.3 is 0 Å². The van der Waals surface area contributed by atoms with E-state index >= 15 is 0 Å². The Kier molecular flexibility index (Phi) is 8.08. The van der Waals surface area contributed by atoms with Gasteiger partial charge < -0.3 is 4.74 Å². The number of amides is 1. The maximum Gasteiger partial charge on any atom is 0.250 e. The Hall–Kier alpha value is -3.91. The Morgan fingerprint density at radius 3 is 2.30 bits per heavy atom. The third kappa shape index (κ3) is 6.65. The molecule has 1 amide bonds. The summed E-state index contributed by atoms with van der Waals surface area (Å²) in [7, 11) is 1.64. The van der Waals surface area contributed by atoms with Crippen molar-refractivity contribution >= 4 is 23.9 Å². The molecule has 0 aliphatic rings. The summed E-state index contributed by atoms with van der Waals surface area (Å²) in [6.07, 6.45) is 1.64. The van der Waals surface area contributed by atoms with E-state index in [9.17, 15) is 4.79 Å². The summed E-state index contributed by atoms with van der Waals surface area (Å²) >= 11 is 1.31. The van der Waals surface area contributed by atoms with Crippen LogP contribution >= 0.6 is 11.8 Å². The van der Waals surface area contributed by atoms with Gasteiger partial charge in [0.05, 0.1) is 19.1 Å². The van der Waals surface area contributed by atoms with Crippen LogP contribution in [0.5, 0.6) is 5.75 Å². The second kappa shape index (κ2) is 11.4. The molecule has 4 rings (SSSR count). The minimum atomic E-state index is -0.225. The Balaban J connectivity index is 1.46. The summed E-state index contributed by atoms with van der Waals surface area (Å²) < 4.78 is 7.24. The second-order valence-corrected chi connectivity index (χ2v) is 10.6. The van der Waals surface area contributed by atoms with E-state index in [0.717, 1.165) is 28.1 Å². The number of thioether (sulfide) groups is 1. The van der Waals surface area contributed by atoms with Crippen LogP contribution in [0.2, 0.25) is 0 Å². The molecule has 190 valence electrons. The molecule has 0 fully saturated rings. The van der Waals surface area contributed by atoms with Gasteiger partial charge in [0.15, 0.2) is 11.0 Å². The first-order valence-corrected chi connectivity index (χ1v) is 13.0. The molecule has 0 atom stereocenters. The molecule has 0 saturated heterocycles. The summed E-state index contributed by atoms with van der Waals surface area (Å²) in [5.41, 5.74) is 7.83. The number of aromatic nitrogens is 3. The van der Waals surface area contributed by atoms with E-state index in [1.165, 1.54) is 17.3 Å². The standard InChI is InChI=1S/C29H31N5O2S/c1-20-6-14-24(15-7-20)34-27(22-10-16-25(36-5)17-11-22)32-33-28(34)37-19-26(35)31-30-18-21-8-12-23(13-9-21)29(2,3)4/h6-18H,19H2,1-5H3,(H,31,35)/b30-18+. The maximum absolute atomic E-state index is 12.5. The number of nitrogens with one attached hydrogen (secondary N) is 1. The molecule has 7 nitrogen and oxygen atoms in total. The molecule has 0 radical (unpaired) electrons. The topological polar surface area (TPSA) is 81.4 Å². The fourth-order valence-corrected chi connectivity index (χ4v) is 4.37. The first-order chi connectivity index (χ1) is 17.7. The van der Waals surface area contributed by atoms with Gasteiger partial charge in [0.25, 0.3) is 5.91 Å². The Morgan fingerprint density at radius 1 is 1.00 bits per heavy atom. The first-order valence-electron chi connectivity index (χ1n) is 12.0. The number of nitrogens with zero attached hydrogens (tertiary/aromatic N) is 4. The molecule has 0 spiro atoms. The Morgan fingerprint density at radius 2 is 1.68 bits per heavy atom. The van der Waals surface area contributed by atoms with Crippen LogP contribution in [-0.4, -0.2) is 39.7 Å². The first kappa shape index (κ1) is 26.2. The highest BCUT2D eigenvalue weighted by atomic mass is 32.2. The number of benzene rings is 3. The SMILES string of the molecule is COc1ccc(-c2nnc(SCC(=O)N/N=C/c3ccc(C(C)(C)C)cc3)n2-c2ccc(C)cc2)cc1. The zero-order valence-corrected chi connectivity index (χ0v) is 22.5. The lowest BCUT2D eigenvalue weighted by molar-refractivity contribution is -0.118. The molecule has 4 aromatic rings. The number of methoxy groups -OCH3 is 1. The minimum Gasteiger partial charge on any atom is -0.497 e. The molecular weight excluding hydrogens is 482 g/mol. The molecule has 0 aliphatic carbocycles. The monoisotopic (exact) mass is 513 g/mol. The number of rotatable bonds is 8. The van der Waals surface area contributed by atoms with E-state index in [-0.39, 0.29) is 17.1 Å². The molecule has 3 aromatic carbocycles. The average Bonchev–Trinajstić information content (AvgIpc) is 3.31. The number of hydrogen-bond acceptors (Lipinski definition) is 6. The van der Waals surface area contributed by atoms with E-state index in [0.29, 0.717) is 11.0 Å². The van der Waals surface area contributed by atoms with E-state index in [1.54, 1.807) is 13.3 Å². The van der Waals surface area contributed by atoms with Crippen LogP contribution in [0.25, 0.3) is 17.1 Å². The van der Waals surface area contributed by atoms with Crippen LogP contribution in [0.1, 0.15) is 37.5 Å². The molecule has 1 aromatic heterocycles. The zero-order chi connectivity index (χ0) is 26.4. The number of carbonyl (C=O) groups excluding carboxylic acids is 1. The van der Waals surface area contributed by atoms with Gasteiger partial charge in [0.2, 0.25) is 0 Å². The molecule has 0 saturated carbocycles. The maximum atomic E-state index is 12.5. The fourth-order valence-electron chi connectivity index (χ4n) is 3.63. The van der Waals surface area contributed by atoms with Crippen molar-refractivity contribution in [1.29, 1.82) is 0 Å². The van der Waals surface area contributed by atoms with Crippen molar-refractivity contribution in [2.75, 3.05) is 12.9 Å². The van der Waals surface area contributed by atoms with Crippen LogP contribution in [0.3, 0.4) is 0 Å². The van der Waals surface area contributed by atoms with Gasteiger partial charge in [-0.25, -0.2) is 5.43 Å². The Bertz CT molecular complexity index is 1370. The van der Waals surface area contributed by atoms with Gasteiger partial charge in [-0.2, -0.15) is 5.10 Å². The van der Waals surface area contributed by atoms with E-state index in [4.69, 9.17) is 4.74 Å². The van der Waals surface area contributed by atoms with Crippen molar-refractivity contribution in [3.05, 3.63) is 89.5 Å². The van der Waals surface area contributed by atoms with Crippen LogP contribution in [-0.2, 0) is 10.2 Å². The highest BCUT2D eigenvalue weighted by molar-refractivity contribution is 7.99. The van der Waals surface area contributed by atoms with Crippen LogP contribution in [0.15, 0.2) is 83.1 Å². The molecule has 0 aliphatic heterocycles. The number of hydrogen-bond donors (Lipinski definition) is 1. The third-order valence-corrected chi connectivity index (χ3v) is 6.71. The highest BCUT2D eigenvalue weighted by Gasteiger charge is 2.17. The fraction of sp³-hybridized carbons (Fsp3) is 0.241. The van der Waals surface area contributed by atoms with Gasteiger partial charge in [-0.15, -0.1) is 10.2 Å². The Labute approximate surface area is 222 Å². The third-order valence-electron chi connectivity index (χ3n) is 5.79. The van der Waals surface area contributed by atoms with Crippen LogP contribution < -0.4 is 10.2 Å². The largest absolute Gasteiger partial charge is 0.497 e. The lowest BCUT2D eigenvalue weighted by Crippen LogP contribution is -2.20. The summed E-state index contributed by atoms with van der Waals surface area (Å²) in [6.45, 7) is 8.56. The second-order valence-electron chi connectivity index (χ2n) is 9.66. The molecular formula is C29H31N5O2S. The lowest BCUT2D eigenvalue weighted by Gasteiger charge is -2.18. The van der Waals surface area contributed by atoms with Crippen molar-refractivity contribution in [1.82, 2.24) is 20.2 Å². The van der Waals surface area contributed by atoms with Crippen molar-refractivity contribution in [3.8, 4) is 22.8 Å². The summed E-state index contributed by atoms with van der Waals surface area (Å²) in [6, 6.07) is 23.9. The van der Waals surface area contributed by atoms with Gasteiger partial charge in [0.1, 0.15) is 5.75 Å². The quantitative estimate of drug-likeness (QED) is 0.183. The van der Waals surface area contributed by atoms with E-state index < -0.39 is 0 Å². The normalized spacial score (nSPS) is 11.6. The number of hydrazone groups is 1. The van der Waals surface area contributed by atoms with Crippen LogP contribution in [0.4, 0.5) is 0 Å². The summed E-state index contributed by atoms with van der Waals surface area (Å²) in [4.78, 5) is 12.5. The predicted octanol–water partition coefficient (Wildman–Crippen LogP) is 5.79. The molecule has 1 N–H and O–H groups in total. The predicted molar refractivity (Wildman–Crippen MR) is 150 cm³/mol. The van der Waals surface area contributed by atoms with E-state index in [2.05, 4.69) is 53.6 Å². The van der Waals surface area contributed by atoms with Crippen molar-refractivity contribution in [2.45, 2.75) is 38.3 Å². The zero-order valence-electron chi connectivity index (χ0n) is 21.7. The van der Waals surface area contributed by atoms with Gasteiger partial charge in [-0.05, 0) is 59.9 Å². The van der Waals surface area contributed by atoms with Gasteiger partial charge in [0, 0.05) is 11.3 Å². The van der Waals surface area contributed by atoms with Crippen molar-refractivity contribution < 1.29 is 9.53 Å². The van der Waals surface area contributed by atoms with Crippen molar-refractivity contribution in [3.63, 3.8) is 0 Å². The van der Waals surface area contributed by atoms with E-state index in [1.807, 2.05) is 72.2 Å². The lowest BCUT2D eigenvalue weighted by atomic mass is 9.87. The van der Waals surface area contributed by atoms with Gasteiger partial charge in [-0.3, -0.25) is 9.36 Å². The molecule has 8 heteroatoms. The summed E-state index contributed by atoms with van der Waals surface area (Å²) in [5, 5.41) is 13.6. The smallest absolute Gasteiger partial charge is 0.250 e. The highest BCUT2D eigenvalue weighted by Crippen LogP contribution is 2.29. The molecule has 0 unspecified atom stereocenters. The van der Waals surface area contributed by atoms with Gasteiger partial charge in [-0.1, -0.05) is 74.5 Å². The number of aryl methyl sites for hydroxylation is 1. The molecule has 37 heavy (non-hydrogen) atoms. The van der Waals surface area contributed by atoms with Crippen molar-refractivity contribution in [2.24, 2.45) is 5.10 Å². The summed E-state index contributed by atoms with van der Waals surface area (Å²) in [5.74, 6) is 1.37. The minimum absolute atomic E-state index is 0.0908. The number of carbonyl (C=O) groups is 1. The molecule has 1 heterocycles. The van der Waals surface area contributed by atoms with Crippen LogP contribution in [0, 0.1) is 6.92 Å². The number of ether oxygens (including phenoxy) is 1. The molecule has 0 bridgehead atoms. The average molecular weight is 514 g/mol.